The minimum absolute atomic E-state index is 0.0679. The highest BCUT2D eigenvalue weighted by Crippen LogP contribution is 1.96. The first kappa shape index (κ1) is 14.9. The molecule has 0 aliphatic rings. The highest BCUT2D eigenvalue weighted by Gasteiger charge is 2.21. The fourth-order valence-electron chi connectivity index (χ4n) is 1.38. The van der Waals surface area contributed by atoms with E-state index < -0.39 is 12.1 Å². The van der Waals surface area contributed by atoms with Crippen LogP contribution in [-0.4, -0.2) is 41.9 Å². The monoisotopic (exact) mass is 229 g/mol. The third kappa shape index (κ3) is 4.18. The van der Waals surface area contributed by atoms with Crippen molar-refractivity contribution in [1.82, 2.24) is 10.2 Å². The van der Waals surface area contributed by atoms with E-state index in [1.807, 2.05) is 20.8 Å². The number of carbonyl (C=O) groups excluding carboxylic acids is 2. The molecule has 0 saturated heterocycles. The second-order valence-electron chi connectivity index (χ2n) is 3.76. The Morgan fingerprint density at radius 3 is 2.12 bits per heavy atom. The normalized spacial score (nSPS) is 14.1. The number of hydrogen-bond donors (Lipinski definition) is 2. The minimum atomic E-state index is -0.535. The Bertz CT molecular complexity index is 239. The summed E-state index contributed by atoms with van der Waals surface area (Å²) >= 11 is 0. The third-order valence-corrected chi connectivity index (χ3v) is 2.58. The van der Waals surface area contributed by atoms with Gasteiger partial charge in [0.25, 0.3) is 0 Å². The molecule has 0 aliphatic heterocycles. The first-order chi connectivity index (χ1) is 7.47. The second-order valence-corrected chi connectivity index (χ2v) is 3.76. The number of carbonyl (C=O) groups is 2. The van der Waals surface area contributed by atoms with Crippen molar-refractivity contribution >= 4 is 11.8 Å². The van der Waals surface area contributed by atoms with Gasteiger partial charge in [0.1, 0.15) is 6.04 Å². The SMILES string of the molecule is CCC(N)C(=O)NC(C)C(=O)N(CC)CC. The van der Waals surface area contributed by atoms with Crippen molar-refractivity contribution in [3.63, 3.8) is 0 Å². The number of nitrogens with two attached hydrogens (primary N) is 1. The van der Waals surface area contributed by atoms with E-state index in [1.165, 1.54) is 0 Å². The average Bonchev–Trinajstić information content (AvgIpc) is 2.29. The van der Waals surface area contributed by atoms with Gasteiger partial charge in [0.05, 0.1) is 6.04 Å². The van der Waals surface area contributed by atoms with Crippen molar-refractivity contribution in [3.05, 3.63) is 0 Å². The summed E-state index contributed by atoms with van der Waals surface area (Å²) in [7, 11) is 0. The van der Waals surface area contributed by atoms with Gasteiger partial charge in [0.15, 0.2) is 0 Å². The lowest BCUT2D eigenvalue weighted by molar-refractivity contribution is -0.136. The first-order valence-corrected chi connectivity index (χ1v) is 5.82. The smallest absolute Gasteiger partial charge is 0.244 e. The van der Waals surface area contributed by atoms with Crippen LogP contribution in [0.1, 0.15) is 34.1 Å². The third-order valence-electron chi connectivity index (χ3n) is 2.58. The molecule has 0 saturated carbocycles. The van der Waals surface area contributed by atoms with Crippen LogP contribution < -0.4 is 11.1 Å². The summed E-state index contributed by atoms with van der Waals surface area (Å²) in [5.74, 6) is -0.336. The quantitative estimate of drug-likeness (QED) is 0.678. The molecule has 94 valence electrons. The molecule has 0 heterocycles. The Balaban J connectivity index is 4.29. The van der Waals surface area contributed by atoms with Crippen LogP contribution in [0.15, 0.2) is 0 Å². The fourth-order valence-corrected chi connectivity index (χ4v) is 1.38. The molecule has 3 N–H and O–H groups in total. The van der Waals surface area contributed by atoms with Crippen LogP contribution in [0.4, 0.5) is 0 Å². The number of nitrogens with zero attached hydrogens (tertiary/aromatic N) is 1. The summed E-state index contributed by atoms with van der Waals surface area (Å²) < 4.78 is 0. The molecule has 0 aromatic rings. The van der Waals surface area contributed by atoms with Crippen molar-refractivity contribution in [2.75, 3.05) is 13.1 Å². The Labute approximate surface area is 97.4 Å². The molecule has 5 heteroatoms. The zero-order chi connectivity index (χ0) is 12.7. The summed E-state index contributed by atoms with van der Waals surface area (Å²) in [6.45, 7) is 8.63. The summed E-state index contributed by atoms with van der Waals surface area (Å²) in [6.07, 6.45) is 0.567. The van der Waals surface area contributed by atoms with E-state index in [-0.39, 0.29) is 11.8 Å². The molecule has 0 rings (SSSR count). The zero-order valence-electron chi connectivity index (χ0n) is 10.6. The van der Waals surface area contributed by atoms with Crippen LogP contribution in [0.3, 0.4) is 0 Å². The summed E-state index contributed by atoms with van der Waals surface area (Å²) in [5, 5.41) is 2.62. The van der Waals surface area contributed by atoms with Gasteiger partial charge in [0, 0.05) is 13.1 Å². The molecule has 2 amide bonds. The maximum absolute atomic E-state index is 11.8. The van der Waals surface area contributed by atoms with Gasteiger partial charge in [0.2, 0.25) is 11.8 Å². The van der Waals surface area contributed by atoms with Gasteiger partial charge in [-0.05, 0) is 27.2 Å². The van der Waals surface area contributed by atoms with E-state index in [0.29, 0.717) is 19.5 Å². The molecule has 5 nitrogen and oxygen atoms in total. The van der Waals surface area contributed by atoms with Crippen LogP contribution in [-0.2, 0) is 9.59 Å². The standard InChI is InChI=1S/C11H23N3O2/c1-5-9(12)10(15)13-8(4)11(16)14(6-2)7-3/h8-9H,5-7,12H2,1-4H3,(H,13,15). The van der Waals surface area contributed by atoms with Crippen LogP contribution in [0.2, 0.25) is 0 Å². The van der Waals surface area contributed by atoms with E-state index in [4.69, 9.17) is 5.73 Å². The molecule has 0 aromatic carbocycles. The lowest BCUT2D eigenvalue weighted by Gasteiger charge is -2.24. The second kappa shape index (κ2) is 7.22. The Morgan fingerprint density at radius 1 is 1.25 bits per heavy atom. The first-order valence-electron chi connectivity index (χ1n) is 5.82. The number of nitrogens with one attached hydrogen (secondary N) is 1. The number of rotatable bonds is 6. The Hall–Kier alpha value is -1.10. The number of amides is 2. The minimum Gasteiger partial charge on any atom is -0.343 e. The average molecular weight is 229 g/mol. The van der Waals surface area contributed by atoms with Gasteiger partial charge in [-0.1, -0.05) is 6.92 Å². The molecule has 0 fully saturated rings. The van der Waals surface area contributed by atoms with Gasteiger partial charge >= 0.3 is 0 Å². The predicted octanol–water partition coefficient (Wildman–Crippen LogP) is 0.0968. The molecule has 2 unspecified atom stereocenters. The lowest BCUT2D eigenvalue weighted by Crippen LogP contribution is -2.51. The Kier molecular flexibility index (Phi) is 6.72. The van der Waals surface area contributed by atoms with Crippen molar-refractivity contribution in [1.29, 1.82) is 0 Å². The number of hydrogen-bond acceptors (Lipinski definition) is 3. The van der Waals surface area contributed by atoms with Gasteiger partial charge in [-0.3, -0.25) is 9.59 Å². The van der Waals surface area contributed by atoms with Crippen molar-refractivity contribution in [2.24, 2.45) is 5.73 Å². The van der Waals surface area contributed by atoms with Crippen LogP contribution in [0.5, 0.6) is 0 Å². The van der Waals surface area contributed by atoms with E-state index in [0.717, 1.165) is 0 Å². The zero-order valence-corrected chi connectivity index (χ0v) is 10.6. The van der Waals surface area contributed by atoms with Crippen LogP contribution in [0, 0.1) is 0 Å². The predicted molar refractivity (Wildman–Crippen MR) is 63.8 cm³/mol. The molecular weight excluding hydrogens is 206 g/mol. The Morgan fingerprint density at radius 2 is 1.75 bits per heavy atom. The fraction of sp³-hybridized carbons (Fsp3) is 0.818. The summed E-state index contributed by atoms with van der Waals surface area (Å²) in [4.78, 5) is 25.0. The molecule has 0 aromatic heterocycles. The van der Waals surface area contributed by atoms with E-state index in [1.54, 1.807) is 11.8 Å². The van der Waals surface area contributed by atoms with Gasteiger partial charge in [-0.2, -0.15) is 0 Å². The van der Waals surface area contributed by atoms with Gasteiger partial charge < -0.3 is 16.0 Å². The van der Waals surface area contributed by atoms with Gasteiger partial charge in [-0.15, -0.1) is 0 Å². The molecule has 2 atom stereocenters. The highest BCUT2D eigenvalue weighted by atomic mass is 16.2. The molecule has 0 spiro atoms. The van der Waals surface area contributed by atoms with Gasteiger partial charge in [-0.25, -0.2) is 0 Å². The highest BCUT2D eigenvalue weighted by molar-refractivity contribution is 5.89. The molecule has 0 aliphatic carbocycles. The summed E-state index contributed by atoms with van der Waals surface area (Å²) in [6, 6.07) is -1.04. The van der Waals surface area contributed by atoms with Crippen molar-refractivity contribution in [3.8, 4) is 0 Å². The van der Waals surface area contributed by atoms with Crippen LogP contribution in [0.25, 0.3) is 0 Å². The maximum Gasteiger partial charge on any atom is 0.244 e. The maximum atomic E-state index is 11.8. The van der Waals surface area contributed by atoms with E-state index in [9.17, 15) is 9.59 Å². The lowest BCUT2D eigenvalue weighted by atomic mass is 10.2. The molecule has 0 bridgehead atoms. The summed E-state index contributed by atoms with van der Waals surface area (Å²) in [5.41, 5.74) is 5.57. The molecule has 16 heavy (non-hydrogen) atoms. The van der Waals surface area contributed by atoms with E-state index >= 15 is 0 Å². The molecule has 0 radical (unpaired) electrons. The largest absolute Gasteiger partial charge is 0.343 e. The topological polar surface area (TPSA) is 75.4 Å². The molecular formula is C11H23N3O2. The number of likely N-dealkylation sites (N-methyl/N-ethyl adjacent to an activating group) is 1. The van der Waals surface area contributed by atoms with Crippen LogP contribution >= 0.6 is 0 Å². The van der Waals surface area contributed by atoms with Crippen molar-refractivity contribution < 1.29 is 9.59 Å². The van der Waals surface area contributed by atoms with E-state index in [2.05, 4.69) is 5.32 Å². The van der Waals surface area contributed by atoms with Crippen molar-refractivity contribution in [2.45, 2.75) is 46.2 Å².